The van der Waals surface area contributed by atoms with E-state index in [2.05, 4.69) is 17.1 Å². The van der Waals surface area contributed by atoms with Crippen molar-refractivity contribution in [3.05, 3.63) is 12.2 Å². The van der Waals surface area contributed by atoms with Crippen LogP contribution in [0.1, 0.15) is 44.9 Å². The van der Waals surface area contributed by atoms with E-state index >= 15 is 0 Å². The van der Waals surface area contributed by atoms with Gasteiger partial charge in [0.25, 0.3) is 0 Å². The summed E-state index contributed by atoms with van der Waals surface area (Å²) in [5, 5.41) is 0. The molecule has 0 spiro atoms. The molecular weight excluding hydrogens is 238 g/mol. The molecule has 106 valence electrons. The molecule has 0 unspecified atom stereocenters. The van der Waals surface area contributed by atoms with Gasteiger partial charge >= 0.3 is 5.97 Å². The lowest BCUT2D eigenvalue weighted by molar-refractivity contribution is -0.153. The molecule has 0 radical (unpaired) electrons. The van der Waals surface area contributed by atoms with Crippen molar-refractivity contribution in [1.82, 2.24) is 4.90 Å². The number of rotatable bonds is 2. The number of methoxy groups -OCH3 is 1. The van der Waals surface area contributed by atoms with E-state index in [1.807, 2.05) is 0 Å². The molecule has 1 heterocycles. The van der Waals surface area contributed by atoms with Crippen molar-refractivity contribution in [3.8, 4) is 0 Å². The Morgan fingerprint density at radius 3 is 2.79 bits per heavy atom. The Labute approximate surface area is 116 Å². The van der Waals surface area contributed by atoms with E-state index in [0.717, 1.165) is 19.5 Å². The van der Waals surface area contributed by atoms with Crippen molar-refractivity contribution in [2.24, 2.45) is 11.8 Å². The Bertz CT molecular complexity index is 373. The molecule has 19 heavy (non-hydrogen) atoms. The number of nitrogens with zero attached hydrogens (tertiary/aromatic N) is 1. The van der Waals surface area contributed by atoms with E-state index in [0.29, 0.717) is 5.92 Å². The molecule has 3 heteroatoms. The Kier molecular flexibility index (Phi) is 3.66. The van der Waals surface area contributed by atoms with Crippen LogP contribution >= 0.6 is 0 Å². The number of carbonyl (C=O) groups excluding carboxylic acids is 1. The first-order chi connectivity index (χ1) is 9.29. The highest BCUT2D eigenvalue weighted by atomic mass is 16.5. The van der Waals surface area contributed by atoms with E-state index < -0.39 is 0 Å². The van der Waals surface area contributed by atoms with Gasteiger partial charge in [0.2, 0.25) is 0 Å². The minimum atomic E-state index is -0.0466. The fourth-order valence-electron chi connectivity index (χ4n) is 4.69. The fraction of sp³-hybridized carbons (Fsp3) is 0.812. The van der Waals surface area contributed by atoms with Crippen LogP contribution in [0.2, 0.25) is 0 Å². The van der Waals surface area contributed by atoms with Gasteiger partial charge < -0.3 is 4.74 Å². The molecule has 1 saturated carbocycles. The third-order valence-electron chi connectivity index (χ3n) is 5.52. The number of allylic oxidation sites excluding steroid dienone is 1. The van der Waals surface area contributed by atoms with Crippen molar-refractivity contribution in [2.75, 3.05) is 20.2 Å². The highest BCUT2D eigenvalue weighted by molar-refractivity contribution is 5.76. The van der Waals surface area contributed by atoms with E-state index in [1.165, 1.54) is 45.6 Å². The molecule has 2 fully saturated rings. The second kappa shape index (κ2) is 5.28. The van der Waals surface area contributed by atoms with Crippen LogP contribution in [0.25, 0.3) is 0 Å². The maximum Gasteiger partial charge on any atom is 0.314 e. The molecule has 3 nitrogen and oxygen atoms in total. The summed E-state index contributed by atoms with van der Waals surface area (Å²) < 4.78 is 5.11. The van der Waals surface area contributed by atoms with Crippen molar-refractivity contribution in [1.29, 1.82) is 0 Å². The second-order valence-electron chi connectivity index (χ2n) is 6.29. The quantitative estimate of drug-likeness (QED) is 0.567. The van der Waals surface area contributed by atoms with Gasteiger partial charge in [0.05, 0.1) is 13.0 Å². The molecule has 3 aliphatic rings. The van der Waals surface area contributed by atoms with Gasteiger partial charge in [-0.25, -0.2) is 0 Å². The molecule has 0 aromatic heterocycles. The van der Waals surface area contributed by atoms with Crippen LogP contribution in [0.4, 0.5) is 0 Å². The normalized spacial score (nSPS) is 39.0. The SMILES string of the molecule is COC(=O)[C@H]1C=CC[C@@H]2CCCC[C@@]21N1CCCC1. The Morgan fingerprint density at radius 2 is 2.05 bits per heavy atom. The van der Waals surface area contributed by atoms with Gasteiger partial charge in [0, 0.05) is 5.54 Å². The lowest BCUT2D eigenvalue weighted by Gasteiger charge is -2.54. The van der Waals surface area contributed by atoms with Crippen LogP contribution in [0.15, 0.2) is 12.2 Å². The lowest BCUT2D eigenvalue weighted by atomic mass is 9.61. The first-order valence-electron chi connectivity index (χ1n) is 7.78. The van der Waals surface area contributed by atoms with Gasteiger partial charge in [-0.05, 0) is 51.1 Å². The van der Waals surface area contributed by atoms with Gasteiger partial charge in [-0.1, -0.05) is 25.0 Å². The van der Waals surface area contributed by atoms with E-state index in [-0.39, 0.29) is 17.4 Å². The molecule has 3 atom stereocenters. The van der Waals surface area contributed by atoms with Crippen molar-refractivity contribution in [3.63, 3.8) is 0 Å². The number of hydrogen-bond donors (Lipinski definition) is 0. The standard InChI is InChI=1S/C16H25NO2/c1-19-15(18)14-9-6-8-13-7-2-3-10-16(13,14)17-11-4-5-12-17/h6,9,13-14H,2-5,7-8,10-12H2,1H3/t13-,14+,16+/m0/s1. The minimum absolute atomic E-state index is 0.0326. The van der Waals surface area contributed by atoms with E-state index in [1.54, 1.807) is 0 Å². The third-order valence-corrected chi connectivity index (χ3v) is 5.52. The summed E-state index contributed by atoms with van der Waals surface area (Å²) in [4.78, 5) is 14.9. The van der Waals surface area contributed by atoms with Crippen LogP contribution in [0, 0.1) is 11.8 Å². The summed E-state index contributed by atoms with van der Waals surface area (Å²) in [5.74, 6) is 0.567. The largest absolute Gasteiger partial charge is 0.469 e. The first kappa shape index (κ1) is 13.2. The van der Waals surface area contributed by atoms with Gasteiger partial charge in [0.1, 0.15) is 0 Å². The van der Waals surface area contributed by atoms with Crippen LogP contribution in [-0.2, 0) is 9.53 Å². The van der Waals surface area contributed by atoms with E-state index in [9.17, 15) is 4.79 Å². The summed E-state index contributed by atoms with van der Waals surface area (Å²) in [7, 11) is 1.53. The molecule has 1 saturated heterocycles. The van der Waals surface area contributed by atoms with Crippen molar-refractivity contribution < 1.29 is 9.53 Å². The number of ether oxygens (including phenoxy) is 1. The maximum atomic E-state index is 12.3. The predicted molar refractivity (Wildman–Crippen MR) is 74.8 cm³/mol. The van der Waals surface area contributed by atoms with Crippen LogP contribution in [0.3, 0.4) is 0 Å². The van der Waals surface area contributed by atoms with Gasteiger partial charge in [-0.2, -0.15) is 0 Å². The Hall–Kier alpha value is -0.830. The zero-order chi connectivity index (χ0) is 13.3. The number of hydrogen-bond acceptors (Lipinski definition) is 3. The van der Waals surface area contributed by atoms with Gasteiger partial charge in [-0.15, -0.1) is 0 Å². The predicted octanol–water partition coefficient (Wildman–Crippen LogP) is 2.76. The van der Waals surface area contributed by atoms with Crippen molar-refractivity contribution in [2.45, 2.75) is 50.5 Å². The molecule has 0 aromatic carbocycles. The van der Waals surface area contributed by atoms with Gasteiger partial charge in [0.15, 0.2) is 0 Å². The number of carbonyl (C=O) groups is 1. The van der Waals surface area contributed by atoms with Crippen LogP contribution < -0.4 is 0 Å². The van der Waals surface area contributed by atoms with Crippen molar-refractivity contribution >= 4 is 5.97 Å². The van der Waals surface area contributed by atoms with Gasteiger partial charge in [-0.3, -0.25) is 9.69 Å². The zero-order valence-electron chi connectivity index (χ0n) is 11.9. The van der Waals surface area contributed by atoms with Crippen LogP contribution in [-0.4, -0.2) is 36.6 Å². The summed E-state index contributed by atoms with van der Waals surface area (Å²) in [6.07, 6.45) is 13.1. The Balaban J connectivity index is 1.98. The summed E-state index contributed by atoms with van der Waals surface area (Å²) in [6.45, 7) is 2.33. The maximum absolute atomic E-state index is 12.3. The average Bonchev–Trinajstić information content (AvgIpc) is 3.00. The lowest BCUT2D eigenvalue weighted by Crippen LogP contribution is -2.61. The molecule has 0 amide bonds. The molecule has 3 rings (SSSR count). The fourth-order valence-corrected chi connectivity index (χ4v) is 4.69. The number of fused-ring (bicyclic) bond motifs is 1. The highest BCUT2D eigenvalue weighted by Crippen LogP contribution is 2.49. The molecule has 0 bridgehead atoms. The number of esters is 1. The zero-order valence-corrected chi connectivity index (χ0v) is 11.9. The minimum Gasteiger partial charge on any atom is -0.469 e. The molecule has 0 N–H and O–H groups in total. The topological polar surface area (TPSA) is 29.5 Å². The van der Waals surface area contributed by atoms with E-state index in [4.69, 9.17) is 4.74 Å². The molecular formula is C16H25NO2. The average molecular weight is 263 g/mol. The number of likely N-dealkylation sites (tertiary alicyclic amines) is 1. The summed E-state index contributed by atoms with van der Waals surface area (Å²) in [6, 6.07) is 0. The second-order valence-corrected chi connectivity index (χ2v) is 6.29. The monoisotopic (exact) mass is 263 g/mol. The van der Waals surface area contributed by atoms with Crippen LogP contribution in [0.5, 0.6) is 0 Å². The highest BCUT2D eigenvalue weighted by Gasteiger charge is 2.54. The first-order valence-corrected chi connectivity index (χ1v) is 7.78. The molecule has 0 aromatic rings. The Morgan fingerprint density at radius 1 is 1.26 bits per heavy atom. The smallest absolute Gasteiger partial charge is 0.314 e. The summed E-state index contributed by atoms with van der Waals surface area (Å²) in [5.41, 5.74) is 0.0661. The summed E-state index contributed by atoms with van der Waals surface area (Å²) >= 11 is 0. The molecule has 2 aliphatic carbocycles. The third kappa shape index (κ3) is 2.03. The molecule has 1 aliphatic heterocycles.